The quantitative estimate of drug-likeness (QED) is 0.778. The second-order valence-electron chi connectivity index (χ2n) is 5.67. The molecule has 3 rings (SSSR count). The van der Waals surface area contributed by atoms with Crippen molar-refractivity contribution in [1.29, 1.82) is 0 Å². The minimum absolute atomic E-state index is 0.0128. The summed E-state index contributed by atoms with van der Waals surface area (Å²) in [6.07, 6.45) is 4.54. The van der Waals surface area contributed by atoms with E-state index in [1.807, 2.05) is 36.7 Å². The lowest BCUT2D eigenvalue weighted by molar-refractivity contribution is -0.125. The van der Waals surface area contributed by atoms with Gasteiger partial charge in [0.1, 0.15) is 11.5 Å². The molecule has 0 bridgehead atoms. The summed E-state index contributed by atoms with van der Waals surface area (Å²) in [6, 6.07) is 7.99. The van der Waals surface area contributed by atoms with Crippen molar-refractivity contribution in [1.82, 2.24) is 4.90 Å². The molecule has 2 aromatic heterocycles. The van der Waals surface area contributed by atoms with E-state index in [9.17, 15) is 4.79 Å². The van der Waals surface area contributed by atoms with Gasteiger partial charge < -0.3 is 9.32 Å². The van der Waals surface area contributed by atoms with Gasteiger partial charge in [-0.15, -0.1) is 11.3 Å². The fraction of sp³-hybridized carbons (Fsp3) is 0.353. The average Bonchev–Trinajstić information content (AvgIpc) is 2.88. The van der Waals surface area contributed by atoms with Gasteiger partial charge >= 0.3 is 0 Å². The molecule has 1 amide bonds. The van der Waals surface area contributed by atoms with Gasteiger partial charge in [0, 0.05) is 23.9 Å². The third kappa shape index (κ3) is 3.45. The molecule has 4 heteroatoms. The summed E-state index contributed by atoms with van der Waals surface area (Å²) in [7, 11) is 1.81. The van der Waals surface area contributed by atoms with E-state index < -0.39 is 0 Å². The standard InChI is InChI=1S/C17H19NO2S/c1-12-10-15(12)16-7-5-13(20-16)6-8-17(19)18(2)11-14-4-3-9-21-14/h3-9,12,15H,10-11H2,1-2H3/b8-6+/t12-,15-/m1/s1. The molecule has 0 spiro atoms. The monoisotopic (exact) mass is 301 g/mol. The molecule has 0 N–H and O–H groups in total. The summed E-state index contributed by atoms with van der Waals surface area (Å²) in [5, 5.41) is 2.02. The Hall–Kier alpha value is -1.81. The first-order chi connectivity index (χ1) is 10.1. The van der Waals surface area contributed by atoms with Crippen LogP contribution in [-0.2, 0) is 11.3 Å². The van der Waals surface area contributed by atoms with Gasteiger partial charge in [0.15, 0.2) is 0 Å². The van der Waals surface area contributed by atoms with Gasteiger partial charge in [-0.25, -0.2) is 0 Å². The lowest BCUT2D eigenvalue weighted by atomic mass is 10.3. The number of furan rings is 1. The highest BCUT2D eigenvalue weighted by Gasteiger charge is 2.36. The van der Waals surface area contributed by atoms with Crippen LogP contribution >= 0.6 is 11.3 Å². The number of carbonyl (C=O) groups is 1. The van der Waals surface area contributed by atoms with Gasteiger partial charge in [-0.05, 0) is 42.0 Å². The summed E-state index contributed by atoms with van der Waals surface area (Å²) < 4.78 is 5.76. The van der Waals surface area contributed by atoms with E-state index >= 15 is 0 Å². The molecule has 1 fully saturated rings. The van der Waals surface area contributed by atoms with Gasteiger partial charge in [-0.3, -0.25) is 4.79 Å². The molecule has 110 valence electrons. The van der Waals surface area contributed by atoms with Crippen LogP contribution in [0.1, 0.15) is 35.7 Å². The maximum absolute atomic E-state index is 12.0. The zero-order valence-electron chi connectivity index (χ0n) is 12.3. The van der Waals surface area contributed by atoms with Crippen molar-refractivity contribution in [2.75, 3.05) is 7.05 Å². The molecule has 1 aliphatic carbocycles. The molecular formula is C17H19NO2S. The summed E-state index contributed by atoms with van der Waals surface area (Å²) in [6.45, 7) is 2.87. The van der Waals surface area contributed by atoms with Crippen molar-refractivity contribution in [3.8, 4) is 0 Å². The van der Waals surface area contributed by atoms with E-state index in [4.69, 9.17) is 4.42 Å². The SMILES string of the molecule is C[C@@H]1C[C@H]1c1ccc(/C=C/C(=O)N(C)Cc2cccs2)o1. The van der Waals surface area contributed by atoms with Gasteiger partial charge in [-0.1, -0.05) is 13.0 Å². The van der Waals surface area contributed by atoms with Crippen molar-refractivity contribution in [2.45, 2.75) is 25.8 Å². The van der Waals surface area contributed by atoms with Gasteiger partial charge in [-0.2, -0.15) is 0 Å². The number of amides is 1. The summed E-state index contributed by atoms with van der Waals surface area (Å²) >= 11 is 1.66. The normalized spacial score (nSPS) is 20.9. The van der Waals surface area contributed by atoms with Crippen molar-refractivity contribution in [2.24, 2.45) is 5.92 Å². The van der Waals surface area contributed by atoms with Crippen molar-refractivity contribution in [3.05, 3.63) is 52.1 Å². The number of nitrogens with zero attached hydrogens (tertiary/aromatic N) is 1. The summed E-state index contributed by atoms with van der Waals surface area (Å²) in [4.78, 5) is 14.9. The summed E-state index contributed by atoms with van der Waals surface area (Å²) in [5.41, 5.74) is 0. The van der Waals surface area contributed by atoms with Gasteiger partial charge in [0.25, 0.3) is 0 Å². The molecular weight excluding hydrogens is 282 g/mol. The number of likely N-dealkylation sites (N-methyl/N-ethyl adjacent to an activating group) is 1. The number of carbonyl (C=O) groups excluding carboxylic acids is 1. The zero-order chi connectivity index (χ0) is 14.8. The van der Waals surface area contributed by atoms with Crippen molar-refractivity contribution < 1.29 is 9.21 Å². The molecule has 0 aliphatic heterocycles. The Morgan fingerprint density at radius 1 is 1.48 bits per heavy atom. The number of rotatable bonds is 5. The Morgan fingerprint density at radius 3 is 2.95 bits per heavy atom. The van der Waals surface area contributed by atoms with E-state index in [-0.39, 0.29) is 5.91 Å². The van der Waals surface area contributed by atoms with Crippen LogP contribution in [0.2, 0.25) is 0 Å². The first-order valence-electron chi connectivity index (χ1n) is 7.19. The number of hydrogen-bond donors (Lipinski definition) is 0. The highest BCUT2D eigenvalue weighted by Crippen LogP contribution is 2.47. The lowest BCUT2D eigenvalue weighted by Crippen LogP contribution is -2.23. The average molecular weight is 301 g/mol. The second-order valence-corrected chi connectivity index (χ2v) is 6.70. The molecule has 0 unspecified atom stereocenters. The maximum Gasteiger partial charge on any atom is 0.246 e. The Balaban J connectivity index is 1.57. The van der Waals surface area contributed by atoms with E-state index in [2.05, 4.69) is 6.92 Å². The van der Waals surface area contributed by atoms with E-state index in [1.165, 1.54) is 11.3 Å². The van der Waals surface area contributed by atoms with Crippen LogP contribution in [0.5, 0.6) is 0 Å². The summed E-state index contributed by atoms with van der Waals surface area (Å²) in [5.74, 6) is 3.08. The van der Waals surface area contributed by atoms with Crippen LogP contribution in [-0.4, -0.2) is 17.9 Å². The Labute approximate surface area is 128 Å². The minimum atomic E-state index is -0.0128. The van der Waals surface area contributed by atoms with Gasteiger partial charge in [0.2, 0.25) is 5.91 Å². The fourth-order valence-electron chi connectivity index (χ4n) is 2.37. The number of thiophene rings is 1. The maximum atomic E-state index is 12.0. The number of hydrogen-bond acceptors (Lipinski definition) is 3. The van der Waals surface area contributed by atoms with Crippen LogP contribution in [0.4, 0.5) is 0 Å². The van der Waals surface area contributed by atoms with Crippen LogP contribution in [0.15, 0.2) is 40.1 Å². The first-order valence-corrected chi connectivity index (χ1v) is 8.07. The minimum Gasteiger partial charge on any atom is -0.461 e. The highest BCUT2D eigenvalue weighted by molar-refractivity contribution is 7.09. The second kappa shape index (κ2) is 5.90. The predicted octanol–water partition coefficient (Wildman–Crippen LogP) is 4.14. The van der Waals surface area contributed by atoms with Gasteiger partial charge in [0.05, 0.1) is 6.54 Å². The fourth-order valence-corrected chi connectivity index (χ4v) is 3.13. The molecule has 0 saturated heterocycles. The molecule has 1 saturated carbocycles. The van der Waals surface area contributed by atoms with Crippen LogP contribution in [0.25, 0.3) is 6.08 Å². The van der Waals surface area contributed by atoms with E-state index in [1.54, 1.807) is 28.4 Å². The van der Waals surface area contributed by atoms with Crippen molar-refractivity contribution >= 4 is 23.3 Å². The zero-order valence-corrected chi connectivity index (χ0v) is 13.1. The Bertz CT molecular complexity index is 642. The molecule has 2 atom stereocenters. The third-order valence-electron chi connectivity index (χ3n) is 3.86. The smallest absolute Gasteiger partial charge is 0.246 e. The van der Waals surface area contributed by atoms with E-state index in [0.29, 0.717) is 12.5 Å². The highest BCUT2D eigenvalue weighted by atomic mass is 32.1. The molecule has 1 aliphatic rings. The van der Waals surface area contributed by atoms with Crippen LogP contribution < -0.4 is 0 Å². The molecule has 0 radical (unpaired) electrons. The topological polar surface area (TPSA) is 33.5 Å². The van der Waals surface area contributed by atoms with Crippen LogP contribution in [0.3, 0.4) is 0 Å². The molecule has 2 heterocycles. The van der Waals surface area contributed by atoms with Crippen LogP contribution in [0, 0.1) is 5.92 Å². The Kier molecular flexibility index (Phi) is 3.97. The first kappa shape index (κ1) is 14.1. The van der Waals surface area contributed by atoms with Crippen molar-refractivity contribution in [3.63, 3.8) is 0 Å². The Morgan fingerprint density at radius 2 is 2.29 bits per heavy atom. The lowest BCUT2D eigenvalue weighted by Gasteiger charge is -2.13. The molecule has 21 heavy (non-hydrogen) atoms. The largest absolute Gasteiger partial charge is 0.461 e. The predicted molar refractivity (Wildman–Crippen MR) is 85.1 cm³/mol. The molecule has 2 aromatic rings. The molecule has 0 aromatic carbocycles. The molecule has 3 nitrogen and oxygen atoms in total. The van der Waals surface area contributed by atoms with E-state index in [0.717, 1.165) is 17.4 Å². The third-order valence-corrected chi connectivity index (χ3v) is 4.72.